The SMILES string of the molecule is NC(=O)OCCNc1cccc(C(N)=S)n1. The summed E-state index contributed by atoms with van der Waals surface area (Å²) >= 11 is 4.79. The average Bonchev–Trinajstić information content (AvgIpc) is 2.24. The number of ether oxygens (including phenoxy) is 1. The Labute approximate surface area is 98.0 Å². The molecule has 5 N–H and O–H groups in total. The topological polar surface area (TPSA) is 103 Å². The van der Waals surface area contributed by atoms with Crippen LogP contribution in [-0.2, 0) is 4.74 Å². The van der Waals surface area contributed by atoms with E-state index in [0.29, 0.717) is 18.1 Å². The van der Waals surface area contributed by atoms with Gasteiger partial charge in [0.15, 0.2) is 0 Å². The van der Waals surface area contributed by atoms with Gasteiger partial charge in [0, 0.05) is 0 Å². The van der Waals surface area contributed by atoms with E-state index in [1.165, 1.54) is 0 Å². The number of nitrogens with one attached hydrogen (secondary N) is 1. The predicted molar refractivity (Wildman–Crippen MR) is 64.1 cm³/mol. The number of aromatic nitrogens is 1. The molecular weight excluding hydrogens is 228 g/mol. The smallest absolute Gasteiger partial charge is 0.404 e. The fourth-order valence-electron chi connectivity index (χ4n) is 1.00. The van der Waals surface area contributed by atoms with Crippen molar-refractivity contribution in [2.75, 3.05) is 18.5 Å². The fourth-order valence-corrected chi connectivity index (χ4v) is 1.11. The maximum absolute atomic E-state index is 10.3. The molecule has 0 aliphatic heterocycles. The summed E-state index contributed by atoms with van der Waals surface area (Å²) in [7, 11) is 0. The van der Waals surface area contributed by atoms with Crippen LogP contribution >= 0.6 is 12.2 Å². The molecule has 1 aromatic heterocycles. The highest BCUT2D eigenvalue weighted by molar-refractivity contribution is 7.80. The minimum atomic E-state index is -0.799. The van der Waals surface area contributed by atoms with Crippen LogP contribution in [0.4, 0.5) is 10.6 Å². The molecule has 0 aromatic carbocycles. The third kappa shape index (κ3) is 4.09. The number of carbonyl (C=O) groups is 1. The van der Waals surface area contributed by atoms with Crippen LogP contribution in [-0.4, -0.2) is 29.2 Å². The van der Waals surface area contributed by atoms with Gasteiger partial charge in [0.1, 0.15) is 17.4 Å². The van der Waals surface area contributed by atoms with Crippen molar-refractivity contribution in [1.82, 2.24) is 4.98 Å². The fraction of sp³-hybridized carbons (Fsp3) is 0.222. The van der Waals surface area contributed by atoms with Crippen LogP contribution in [0, 0.1) is 0 Å². The molecule has 0 fully saturated rings. The van der Waals surface area contributed by atoms with E-state index in [4.69, 9.17) is 23.7 Å². The van der Waals surface area contributed by atoms with E-state index in [-0.39, 0.29) is 11.6 Å². The van der Waals surface area contributed by atoms with Crippen LogP contribution in [0.25, 0.3) is 0 Å². The van der Waals surface area contributed by atoms with Crippen molar-refractivity contribution in [3.8, 4) is 0 Å². The van der Waals surface area contributed by atoms with Gasteiger partial charge in [-0.1, -0.05) is 18.3 Å². The molecule has 0 bridgehead atoms. The maximum Gasteiger partial charge on any atom is 0.404 e. The van der Waals surface area contributed by atoms with Gasteiger partial charge in [-0.3, -0.25) is 0 Å². The van der Waals surface area contributed by atoms with E-state index in [0.717, 1.165) is 0 Å². The summed E-state index contributed by atoms with van der Waals surface area (Å²) in [6, 6.07) is 5.25. The third-order valence-corrected chi connectivity index (χ3v) is 1.86. The van der Waals surface area contributed by atoms with E-state index < -0.39 is 6.09 Å². The Hall–Kier alpha value is -1.89. The van der Waals surface area contributed by atoms with Crippen molar-refractivity contribution in [3.63, 3.8) is 0 Å². The molecule has 0 aliphatic carbocycles. The van der Waals surface area contributed by atoms with E-state index in [1.807, 2.05) is 0 Å². The van der Waals surface area contributed by atoms with Crippen LogP contribution in [0.5, 0.6) is 0 Å². The summed E-state index contributed by atoms with van der Waals surface area (Å²) < 4.78 is 4.54. The number of rotatable bonds is 5. The van der Waals surface area contributed by atoms with Crippen LogP contribution in [0.15, 0.2) is 18.2 Å². The van der Waals surface area contributed by atoms with Crippen molar-refractivity contribution in [2.45, 2.75) is 0 Å². The first-order chi connectivity index (χ1) is 7.59. The molecule has 1 rings (SSSR count). The van der Waals surface area contributed by atoms with Crippen LogP contribution < -0.4 is 16.8 Å². The number of thiocarbonyl (C=S) groups is 1. The van der Waals surface area contributed by atoms with Gasteiger partial charge >= 0.3 is 6.09 Å². The molecule has 0 atom stereocenters. The van der Waals surface area contributed by atoms with E-state index >= 15 is 0 Å². The standard InChI is InChI=1S/C9H12N4O2S/c10-8(16)6-2-1-3-7(13-6)12-4-5-15-9(11)14/h1-3H,4-5H2,(H2,10,16)(H2,11,14)(H,12,13). The first kappa shape index (κ1) is 12.2. The van der Waals surface area contributed by atoms with Gasteiger partial charge in [-0.2, -0.15) is 0 Å². The Morgan fingerprint density at radius 2 is 2.25 bits per heavy atom. The summed E-state index contributed by atoms with van der Waals surface area (Å²) in [4.78, 5) is 14.7. The summed E-state index contributed by atoms with van der Waals surface area (Å²) in [5.74, 6) is 0.610. The number of amides is 1. The maximum atomic E-state index is 10.3. The monoisotopic (exact) mass is 240 g/mol. The number of anilines is 1. The Morgan fingerprint density at radius 1 is 1.50 bits per heavy atom. The van der Waals surface area contributed by atoms with Gasteiger partial charge in [0.25, 0.3) is 0 Å². The molecule has 7 heteroatoms. The minimum Gasteiger partial charge on any atom is -0.448 e. The summed E-state index contributed by atoms with van der Waals surface area (Å²) in [6.45, 7) is 0.588. The normalized spacial score (nSPS) is 9.50. The first-order valence-corrected chi connectivity index (χ1v) is 4.93. The lowest BCUT2D eigenvalue weighted by Gasteiger charge is -2.06. The summed E-state index contributed by atoms with van der Waals surface area (Å²) in [5, 5.41) is 2.94. The largest absolute Gasteiger partial charge is 0.448 e. The molecule has 86 valence electrons. The summed E-state index contributed by atoms with van der Waals surface area (Å²) in [6.07, 6.45) is -0.799. The van der Waals surface area contributed by atoms with Gasteiger partial charge in [-0.05, 0) is 12.1 Å². The van der Waals surface area contributed by atoms with Gasteiger partial charge in [0.05, 0.1) is 12.2 Å². The van der Waals surface area contributed by atoms with Crippen LogP contribution in [0.2, 0.25) is 0 Å². The predicted octanol–water partition coefficient (Wildman–Crippen LogP) is 0.223. The molecule has 1 aromatic rings. The number of hydrogen-bond donors (Lipinski definition) is 3. The van der Waals surface area contributed by atoms with Gasteiger partial charge in [0.2, 0.25) is 0 Å². The van der Waals surface area contributed by atoms with E-state index in [2.05, 4.69) is 15.0 Å². The molecule has 1 amide bonds. The number of carbonyl (C=O) groups excluding carboxylic acids is 1. The molecule has 0 saturated heterocycles. The van der Waals surface area contributed by atoms with Crippen molar-refractivity contribution >= 4 is 29.1 Å². The molecule has 0 saturated carbocycles. The number of hydrogen-bond acceptors (Lipinski definition) is 5. The van der Waals surface area contributed by atoms with Gasteiger partial charge in [-0.25, -0.2) is 9.78 Å². The molecule has 6 nitrogen and oxygen atoms in total. The van der Waals surface area contributed by atoms with Gasteiger partial charge in [-0.15, -0.1) is 0 Å². The molecule has 0 radical (unpaired) electrons. The Bertz CT molecular complexity index is 397. The van der Waals surface area contributed by atoms with Crippen molar-refractivity contribution in [1.29, 1.82) is 0 Å². The highest BCUT2D eigenvalue weighted by atomic mass is 32.1. The minimum absolute atomic E-state index is 0.175. The van der Waals surface area contributed by atoms with Crippen molar-refractivity contribution < 1.29 is 9.53 Å². The van der Waals surface area contributed by atoms with Gasteiger partial charge < -0.3 is 21.5 Å². The molecule has 16 heavy (non-hydrogen) atoms. The quantitative estimate of drug-likeness (QED) is 0.502. The average molecular weight is 240 g/mol. The van der Waals surface area contributed by atoms with Crippen LogP contribution in [0.1, 0.15) is 5.69 Å². The zero-order chi connectivity index (χ0) is 12.0. The number of nitrogens with two attached hydrogens (primary N) is 2. The second-order valence-corrected chi connectivity index (χ2v) is 3.31. The van der Waals surface area contributed by atoms with E-state index in [1.54, 1.807) is 18.2 Å². The highest BCUT2D eigenvalue weighted by Gasteiger charge is 1.99. The highest BCUT2D eigenvalue weighted by Crippen LogP contribution is 2.04. The lowest BCUT2D eigenvalue weighted by Crippen LogP contribution is -2.19. The molecule has 0 spiro atoms. The van der Waals surface area contributed by atoms with Crippen LogP contribution in [0.3, 0.4) is 0 Å². The second kappa shape index (κ2) is 5.86. The number of pyridine rings is 1. The number of primary amides is 1. The lowest BCUT2D eigenvalue weighted by molar-refractivity contribution is 0.161. The molecule has 0 unspecified atom stereocenters. The van der Waals surface area contributed by atoms with Crippen molar-refractivity contribution in [3.05, 3.63) is 23.9 Å². The summed E-state index contributed by atoms with van der Waals surface area (Å²) in [5.41, 5.74) is 10.8. The Balaban J connectivity index is 2.45. The molecule has 1 heterocycles. The Kier molecular flexibility index (Phi) is 4.46. The Morgan fingerprint density at radius 3 is 2.88 bits per heavy atom. The second-order valence-electron chi connectivity index (χ2n) is 2.87. The molecular formula is C9H12N4O2S. The zero-order valence-corrected chi connectivity index (χ0v) is 9.29. The third-order valence-electron chi connectivity index (χ3n) is 1.65. The first-order valence-electron chi connectivity index (χ1n) is 4.52. The van der Waals surface area contributed by atoms with Crippen molar-refractivity contribution in [2.24, 2.45) is 11.5 Å². The molecule has 0 aliphatic rings. The number of nitrogens with zero attached hydrogens (tertiary/aromatic N) is 1. The van der Waals surface area contributed by atoms with E-state index in [9.17, 15) is 4.79 Å². The zero-order valence-electron chi connectivity index (χ0n) is 8.47. The lowest BCUT2D eigenvalue weighted by atomic mass is 10.3.